The number of hydrogen-bond donors (Lipinski definition) is 3. The molecule has 4 rings (SSSR count). The number of ether oxygens (including phenoxy) is 1. The predicted molar refractivity (Wildman–Crippen MR) is 149 cm³/mol. The number of nitrogens with zero attached hydrogens (tertiary/aromatic N) is 3. The van der Waals surface area contributed by atoms with Gasteiger partial charge in [-0.05, 0) is 64.7 Å². The van der Waals surface area contributed by atoms with E-state index in [2.05, 4.69) is 32.5 Å². The Morgan fingerprint density at radius 3 is 2.23 bits per heavy atom. The number of benzene rings is 1. The van der Waals surface area contributed by atoms with Crippen molar-refractivity contribution in [3.8, 4) is 0 Å². The van der Waals surface area contributed by atoms with Gasteiger partial charge in [-0.15, -0.1) is 0 Å². The number of amidine groups is 1. The van der Waals surface area contributed by atoms with Gasteiger partial charge >= 0.3 is 0 Å². The van der Waals surface area contributed by atoms with E-state index < -0.39 is 28.7 Å². The van der Waals surface area contributed by atoms with Crippen molar-refractivity contribution >= 4 is 23.2 Å². The van der Waals surface area contributed by atoms with Gasteiger partial charge in [0.1, 0.15) is 17.3 Å². The number of rotatable bonds is 6. The first-order valence-electron chi connectivity index (χ1n) is 13.7. The Morgan fingerprint density at radius 2 is 1.74 bits per heavy atom. The summed E-state index contributed by atoms with van der Waals surface area (Å²) >= 11 is 0. The molecule has 1 aliphatic carbocycles. The van der Waals surface area contributed by atoms with Crippen LogP contribution in [0, 0.1) is 42.1 Å². The Labute approximate surface area is 229 Å². The number of aliphatic hydroxyl groups is 1. The van der Waals surface area contributed by atoms with E-state index >= 15 is 0 Å². The first-order chi connectivity index (χ1) is 18.3. The molecule has 0 radical (unpaired) electrons. The minimum absolute atomic E-state index is 0.182. The molecule has 1 aliphatic heterocycles. The van der Waals surface area contributed by atoms with Gasteiger partial charge in [0.05, 0.1) is 23.2 Å². The molecule has 0 bridgehead atoms. The van der Waals surface area contributed by atoms with Crippen molar-refractivity contribution in [1.82, 2.24) is 9.97 Å². The van der Waals surface area contributed by atoms with Crippen molar-refractivity contribution < 1.29 is 23.0 Å². The molecule has 1 aromatic carbocycles. The van der Waals surface area contributed by atoms with Gasteiger partial charge in [-0.1, -0.05) is 20.8 Å². The smallest absolute Gasteiger partial charge is 0.223 e. The Bertz CT molecular complexity index is 1110. The molecule has 10 heteroatoms. The summed E-state index contributed by atoms with van der Waals surface area (Å²) in [6.45, 7) is 13.3. The van der Waals surface area contributed by atoms with Crippen LogP contribution in [0.15, 0.2) is 23.3 Å². The topological polar surface area (TPSA) is 91.7 Å². The fraction of sp³-hybridized carbons (Fsp3) is 0.621. The van der Waals surface area contributed by atoms with Crippen molar-refractivity contribution in [2.75, 3.05) is 23.8 Å². The normalized spacial score (nSPS) is 20.5. The molecule has 0 spiro atoms. The fourth-order valence-corrected chi connectivity index (χ4v) is 4.61. The van der Waals surface area contributed by atoms with E-state index in [0.29, 0.717) is 35.3 Å². The van der Waals surface area contributed by atoms with E-state index in [4.69, 9.17) is 4.74 Å². The Kier molecular flexibility index (Phi) is 10.7. The summed E-state index contributed by atoms with van der Waals surface area (Å²) in [6, 6.07) is 1.38. The van der Waals surface area contributed by atoms with Crippen LogP contribution in [0.4, 0.5) is 30.5 Å². The summed E-state index contributed by atoms with van der Waals surface area (Å²) < 4.78 is 46.4. The molecule has 1 saturated heterocycles. The zero-order valence-electron chi connectivity index (χ0n) is 23.8. The second-order valence-corrected chi connectivity index (χ2v) is 11.5. The lowest BCUT2D eigenvalue weighted by Crippen LogP contribution is -2.30. The molecular formula is C29H42F3N5O2. The zero-order chi connectivity index (χ0) is 28.7. The van der Waals surface area contributed by atoms with Crippen LogP contribution in [0.2, 0.25) is 0 Å². The third-order valence-electron chi connectivity index (χ3n) is 7.28. The molecule has 2 aromatic rings. The summed E-state index contributed by atoms with van der Waals surface area (Å²) in [5.74, 6) is -1.44. The second-order valence-electron chi connectivity index (χ2n) is 11.5. The summed E-state index contributed by atoms with van der Waals surface area (Å²) in [4.78, 5) is 12.9. The first-order valence-corrected chi connectivity index (χ1v) is 13.7. The van der Waals surface area contributed by atoms with Crippen LogP contribution in [-0.4, -0.2) is 45.8 Å². The fourth-order valence-electron chi connectivity index (χ4n) is 4.61. The van der Waals surface area contributed by atoms with E-state index in [0.717, 1.165) is 38.4 Å². The molecule has 3 N–H and O–H groups in total. The number of aromatic nitrogens is 2. The Hall–Kier alpha value is -2.72. The molecule has 2 aliphatic rings. The van der Waals surface area contributed by atoms with Crippen LogP contribution in [-0.2, 0) is 4.74 Å². The Balaban J connectivity index is 0.000000520. The maximum absolute atomic E-state index is 14.0. The van der Waals surface area contributed by atoms with Crippen molar-refractivity contribution in [2.24, 2.45) is 22.7 Å². The van der Waals surface area contributed by atoms with Gasteiger partial charge in [-0.3, -0.25) is 0 Å². The number of anilines is 2. The van der Waals surface area contributed by atoms with E-state index in [1.54, 1.807) is 13.1 Å². The molecule has 2 atom stereocenters. The molecule has 0 amide bonds. The van der Waals surface area contributed by atoms with Crippen molar-refractivity contribution in [3.63, 3.8) is 0 Å². The maximum atomic E-state index is 14.0. The highest BCUT2D eigenvalue weighted by molar-refractivity contribution is 5.98. The SMILES string of the molecule is CC1CCOCC1.Cc1nc(NC2CCC(C(C)(C)O)C2)ncc1NC(=Nc1c(F)cc(F)cc1F)C(C)C. The number of nitrogens with one attached hydrogen (secondary N) is 2. The number of hydrogen-bond acceptors (Lipinski definition) is 6. The molecule has 1 aromatic heterocycles. The van der Waals surface area contributed by atoms with Crippen LogP contribution < -0.4 is 10.6 Å². The molecule has 2 unspecified atom stereocenters. The average Bonchev–Trinajstić information content (AvgIpc) is 3.32. The van der Waals surface area contributed by atoms with Crippen LogP contribution in [0.5, 0.6) is 0 Å². The van der Waals surface area contributed by atoms with Crippen molar-refractivity contribution in [2.45, 2.75) is 85.3 Å². The lowest BCUT2D eigenvalue weighted by Gasteiger charge is -2.25. The molecule has 216 valence electrons. The monoisotopic (exact) mass is 549 g/mol. The highest BCUT2D eigenvalue weighted by Gasteiger charge is 2.34. The maximum Gasteiger partial charge on any atom is 0.223 e. The quantitative estimate of drug-likeness (QED) is 0.272. The molecule has 1 saturated carbocycles. The standard InChI is InChI=1S/C23H30F3N5O.C6H12O/c1-12(2)21(31-20-17(25)9-15(24)10-18(20)26)30-19-11-27-22(28-13(19)3)29-16-7-6-14(8-16)23(4,5)32;1-6-2-4-7-5-3-6/h9-12,14,16,32H,6-8H2,1-5H3,(H,30,31)(H,27,28,29);6H,2-5H2,1H3. The number of aliphatic imine (C=N–C) groups is 1. The lowest BCUT2D eigenvalue weighted by atomic mass is 9.90. The third-order valence-corrected chi connectivity index (χ3v) is 7.28. The summed E-state index contributed by atoms with van der Waals surface area (Å²) in [5, 5.41) is 16.6. The molecule has 39 heavy (non-hydrogen) atoms. The highest BCUT2D eigenvalue weighted by atomic mass is 19.1. The third kappa shape index (κ3) is 9.17. The van der Waals surface area contributed by atoms with E-state index in [1.165, 1.54) is 12.8 Å². The first kappa shape index (κ1) is 30.8. The van der Waals surface area contributed by atoms with Gasteiger partial charge in [-0.25, -0.2) is 28.1 Å². The van der Waals surface area contributed by atoms with Gasteiger partial charge in [0.25, 0.3) is 0 Å². The number of halogens is 3. The summed E-state index contributed by atoms with van der Waals surface area (Å²) in [5.41, 5.74) is -0.0847. The number of aryl methyl sites for hydroxylation is 1. The second kappa shape index (κ2) is 13.6. The largest absolute Gasteiger partial charge is 0.390 e. The average molecular weight is 550 g/mol. The molecular weight excluding hydrogens is 507 g/mol. The van der Waals surface area contributed by atoms with Crippen LogP contribution in [0.1, 0.15) is 72.4 Å². The van der Waals surface area contributed by atoms with Crippen LogP contribution >= 0.6 is 0 Å². The van der Waals surface area contributed by atoms with Gasteiger partial charge in [-0.2, -0.15) is 0 Å². The minimum atomic E-state index is -1.07. The van der Waals surface area contributed by atoms with Gasteiger partial charge in [0.2, 0.25) is 5.95 Å². The molecule has 2 heterocycles. The molecule has 7 nitrogen and oxygen atoms in total. The Morgan fingerprint density at radius 1 is 1.10 bits per heavy atom. The van der Waals surface area contributed by atoms with Crippen molar-refractivity contribution in [1.29, 1.82) is 0 Å². The lowest BCUT2D eigenvalue weighted by molar-refractivity contribution is 0.0197. The zero-order valence-corrected chi connectivity index (χ0v) is 23.8. The minimum Gasteiger partial charge on any atom is -0.390 e. The van der Waals surface area contributed by atoms with Gasteiger partial charge in [0, 0.05) is 37.3 Å². The van der Waals surface area contributed by atoms with E-state index in [1.807, 2.05) is 27.7 Å². The van der Waals surface area contributed by atoms with E-state index in [-0.39, 0.29) is 17.9 Å². The highest BCUT2D eigenvalue weighted by Crippen LogP contribution is 2.35. The molecule has 2 fully saturated rings. The van der Waals surface area contributed by atoms with Crippen molar-refractivity contribution in [3.05, 3.63) is 41.5 Å². The van der Waals surface area contributed by atoms with Crippen LogP contribution in [0.3, 0.4) is 0 Å². The van der Waals surface area contributed by atoms with Gasteiger partial charge < -0.3 is 20.5 Å². The van der Waals surface area contributed by atoms with Crippen LogP contribution in [0.25, 0.3) is 0 Å². The predicted octanol–water partition coefficient (Wildman–Crippen LogP) is 6.78. The van der Waals surface area contributed by atoms with Gasteiger partial charge in [0.15, 0.2) is 11.6 Å². The van der Waals surface area contributed by atoms with E-state index in [9.17, 15) is 18.3 Å². The summed E-state index contributed by atoms with van der Waals surface area (Å²) in [7, 11) is 0. The summed E-state index contributed by atoms with van der Waals surface area (Å²) in [6.07, 6.45) is 6.81.